The smallest absolute Gasteiger partial charge is 0.201 e. The average molecular weight is 313 g/mol. The molecule has 1 heterocycles. The van der Waals surface area contributed by atoms with Gasteiger partial charge < -0.3 is 10.6 Å². The Morgan fingerprint density at radius 3 is 2.35 bits per heavy atom. The number of piperazine rings is 1. The number of anilines is 2. The number of hydrogen-bond donors (Lipinski definition) is 3. The molecule has 0 atom stereocenters. The maximum absolute atomic E-state index is 8.80. The van der Waals surface area contributed by atoms with Crippen LogP contribution in [0, 0.1) is 16.7 Å². The average Bonchev–Trinajstić information content (AvgIpc) is 2.56. The van der Waals surface area contributed by atoms with Gasteiger partial charge in [0.2, 0.25) is 5.71 Å². The van der Waals surface area contributed by atoms with Gasteiger partial charge in [-0.25, -0.2) is 0 Å². The van der Waals surface area contributed by atoms with E-state index in [1.807, 2.05) is 24.3 Å². The summed E-state index contributed by atoms with van der Waals surface area (Å²) in [4.78, 5) is 4.84. The molecule has 2 rings (SSSR count). The van der Waals surface area contributed by atoms with Crippen molar-refractivity contribution < 1.29 is 0 Å². The number of nitriles is 1. The number of nitrogens with zero attached hydrogens (tertiary/aromatic N) is 4. The van der Waals surface area contributed by atoms with Gasteiger partial charge in [0.15, 0.2) is 5.84 Å². The summed E-state index contributed by atoms with van der Waals surface area (Å²) in [7, 11) is 0. The topological polar surface area (TPSA) is 105 Å². The molecule has 0 unspecified atom stereocenters. The van der Waals surface area contributed by atoms with Gasteiger partial charge in [0, 0.05) is 37.9 Å². The summed E-state index contributed by atoms with van der Waals surface area (Å²) in [5, 5.41) is 19.8. The van der Waals surface area contributed by atoms with Crippen LogP contribution >= 0.6 is 0 Å². The zero-order valence-corrected chi connectivity index (χ0v) is 13.6. The Balaban J connectivity index is 1.95. The van der Waals surface area contributed by atoms with Gasteiger partial charge in [-0.05, 0) is 38.1 Å². The Morgan fingerprint density at radius 2 is 1.87 bits per heavy atom. The van der Waals surface area contributed by atoms with Crippen LogP contribution in [0.4, 0.5) is 11.4 Å². The summed E-state index contributed by atoms with van der Waals surface area (Å²) in [6.07, 6.45) is 0. The van der Waals surface area contributed by atoms with Gasteiger partial charge >= 0.3 is 0 Å². The lowest BCUT2D eigenvalue weighted by atomic mass is 10.2. The van der Waals surface area contributed by atoms with Crippen molar-refractivity contribution in [2.45, 2.75) is 19.9 Å². The molecular weight excluding hydrogens is 290 g/mol. The van der Waals surface area contributed by atoms with Crippen LogP contribution in [0.2, 0.25) is 0 Å². The summed E-state index contributed by atoms with van der Waals surface area (Å²) in [5.41, 5.74) is 9.79. The highest BCUT2D eigenvalue weighted by Crippen LogP contribution is 2.20. The summed E-state index contributed by atoms with van der Waals surface area (Å²) in [6, 6.07) is 10.2. The standard InChI is InChI=1S/C16H23N7/c1-12(2)22-7-9-23(10-8-22)14-5-3-13(4-6-14)20-21-15(11-17)16(18)19/h3-6,12,20H,7-10H2,1-2H3,(H3,18,19)/b21-15+. The number of hydrogen-bond acceptors (Lipinski definition) is 6. The Kier molecular flexibility index (Phi) is 5.55. The molecule has 0 amide bonds. The van der Waals surface area contributed by atoms with Crippen molar-refractivity contribution in [3.63, 3.8) is 0 Å². The maximum Gasteiger partial charge on any atom is 0.201 e. The van der Waals surface area contributed by atoms with Crippen LogP contribution in [0.25, 0.3) is 0 Å². The molecule has 122 valence electrons. The Labute approximate surface area is 136 Å². The first-order valence-electron chi connectivity index (χ1n) is 7.68. The third-order valence-electron chi connectivity index (χ3n) is 3.93. The molecule has 1 fully saturated rings. The monoisotopic (exact) mass is 313 g/mol. The van der Waals surface area contributed by atoms with E-state index in [1.165, 1.54) is 5.69 Å². The molecule has 0 aliphatic carbocycles. The van der Waals surface area contributed by atoms with Crippen molar-refractivity contribution in [3.05, 3.63) is 24.3 Å². The maximum atomic E-state index is 8.80. The molecule has 7 heteroatoms. The third-order valence-corrected chi connectivity index (χ3v) is 3.93. The van der Waals surface area contributed by atoms with Gasteiger partial charge in [0.1, 0.15) is 6.07 Å². The van der Waals surface area contributed by atoms with Gasteiger partial charge in [-0.3, -0.25) is 15.7 Å². The number of benzene rings is 1. The molecule has 0 bridgehead atoms. The molecule has 1 aromatic rings. The van der Waals surface area contributed by atoms with Crippen molar-refractivity contribution in [2.24, 2.45) is 10.8 Å². The minimum Gasteiger partial charge on any atom is -0.382 e. The molecule has 0 radical (unpaired) electrons. The van der Waals surface area contributed by atoms with E-state index < -0.39 is 0 Å². The van der Waals surface area contributed by atoms with E-state index in [4.69, 9.17) is 16.4 Å². The summed E-state index contributed by atoms with van der Waals surface area (Å²) in [6.45, 7) is 8.65. The zero-order valence-electron chi connectivity index (χ0n) is 13.6. The lowest BCUT2D eigenvalue weighted by Crippen LogP contribution is -2.48. The fourth-order valence-corrected chi connectivity index (χ4v) is 2.51. The number of hydrazone groups is 1. The zero-order chi connectivity index (χ0) is 16.8. The second-order valence-electron chi connectivity index (χ2n) is 5.76. The number of amidine groups is 1. The minimum absolute atomic E-state index is 0.126. The number of rotatable bonds is 5. The second kappa shape index (κ2) is 7.61. The molecule has 1 aromatic carbocycles. The van der Waals surface area contributed by atoms with E-state index in [9.17, 15) is 0 Å². The molecule has 0 aromatic heterocycles. The molecule has 0 spiro atoms. The molecule has 0 saturated carbocycles. The molecular formula is C16H23N7. The van der Waals surface area contributed by atoms with Crippen LogP contribution in [-0.2, 0) is 0 Å². The van der Waals surface area contributed by atoms with Crippen molar-refractivity contribution in [1.29, 1.82) is 10.7 Å². The normalized spacial score (nSPS) is 16.3. The van der Waals surface area contributed by atoms with E-state index in [0.29, 0.717) is 6.04 Å². The van der Waals surface area contributed by atoms with Gasteiger partial charge in [0.25, 0.3) is 0 Å². The van der Waals surface area contributed by atoms with E-state index in [1.54, 1.807) is 6.07 Å². The van der Waals surface area contributed by atoms with Crippen LogP contribution in [0.5, 0.6) is 0 Å². The minimum atomic E-state index is -0.348. The van der Waals surface area contributed by atoms with Gasteiger partial charge in [-0.15, -0.1) is 0 Å². The molecule has 1 saturated heterocycles. The fraction of sp³-hybridized carbons (Fsp3) is 0.438. The third kappa shape index (κ3) is 4.44. The quantitative estimate of drug-likeness (QED) is 0.433. The molecule has 23 heavy (non-hydrogen) atoms. The second-order valence-corrected chi connectivity index (χ2v) is 5.76. The summed E-state index contributed by atoms with van der Waals surface area (Å²) >= 11 is 0. The first kappa shape index (κ1) is 16.8. The highest BCUT2D eigenvalue weighted by atomic mass is 15.3. The lowest BCUT2D eigenvalue weighted by Gasteiger charge is -2.38. The molecule has 1 aliphatic rings. The van der Waals surface area contributed by atoms with Crippen LogP contribution < -0.4 is 16.1 Å². The highest BCUT2D eigenvalue weighted by Gasteiger charge is 2.18. The van der Waals surface area contributed by atoms with Crippen LogP contribution in [0.3, 0.4) is 0 Å². The summed E-state index contributed by atoms with van der Waals surface area (Å²) in [5.74, 6) is -0.348. The van der Waals surface area contributed by atoms with E-state index in [2.05, 4.69) is 34.2 Å². The van der Waals surface area contributed by atoms with E-state index in [-0.39, 0.29) is 11.5 Å². The van der Waals surface area contributed by atoms with Crippen molar-refractivity contribution in [2.75, 3.05) is 36.5 Å². The number of nitrogens with one attached hydrogen (secondary N) is 2. The van der Waals surface area contributed by atoms with Gasteiger partial charge in [-0.2, -0.15) is 10.4 Å². The SMILES string of the molecule is CC(C)N1CCN(c2ccc(N/N=C(\C#N)C(=N)N)cc2)CC1. The Bertz CT molecular complexity index is 604. The van der Waals surface area contributed by atoms with Gasteiger partial charge in [-0.1, -0.05) is 0 Å². The number of nitrogens with two attached hydrogens (primary N) is 1. The highest BCUT2D eigenvalue weighted by molar-refractivity contribution is 6.45. The predicted octanol–water partition coefficient (Wildman–Crippen LogP) is 1.44. The van der Waals surface area contributed by atoms with Crippen molar-refractivity contribution in [3.8, 4) is 6.07 Å². The first-order valence-corrected chi connectivity index (χ1v) is 7.68. The van der Waals surface area contributed by atoms with Gasteiger partial charge in [0.05, 0.1) is 5.69 Å². The van der Waals surface area contributed by atoms with E-state index in [0.717, 1.165) is 31.9 Å². The molecule has 1 aliphatic heterocycles. The molecule has 7 nitrogen and oxygen atoms in total. The molecule has 4 N–H and O–H groups in total. The lowest BCUT2D eigenvalue weighted by molar-refractivity contribution is 0.209. The van der Waals surface area contributed by atoms with Crippen LogP contribution in [0.1, 0.15) is 13.8 Å². The Hall–Kier alpha value is -2.59. The largest absolute Gasteiger partial charge is 0.382 e. The van der Waals surface area contributed by atoms with Crippen molar-refractivity contribution in [1.82, 2.24) is 4.90 Å². The predicted molar refractivity (Wildman–Crippen MR) is 93.9 cm³/mol. The van der Waals surface area contributed by atoms with E-state index >= 15 is 0 Å². The fourth-order valence-electron chi connectivity index (χ4n) is 2.51. The van der Waals surface area contributed by atoms with Crippen molar-refractivity contribution >= 4 is 22.9 Å². The summed E-state index contributed by atoms with van der Waals surface area (Å²) < 4.78 is 0. The Morgan fingerprint density at radius 1 is 1.26 bits per heavy atom. The first-order chi connectivity index (χ1) is 11.0. The van der Waals surface area contributed by atoms with Crippen LogP contribution in [0.15, 0.2) is 29.4 Å². The van der Waals surface area contributed by atoms with Crippen LogP contribution in [-0.4, -0.2) is 48.7 Å².